The number of likely N-dealkylation sites (tertiary alicyclic amines) is 1. The molecule has 2 aliphatic rings. The summed E-state index contributed by atoms with van der Waals surface area (Å²) in [5.41, 5.74) is 8.05. The van der Waals surface area contributed by atoms with Crippen LogP contribution in [-0.4, -0.2) is 48.5 Å². The second-order valence-corrected chi connectivity index (χ2v) is 8.17. The van der Waals surface area contributed by atoms with Gasteiger partial charge in [-0.15, -0.1) is 0 Å². The summed E-state index contributed by atoms with van der Waals surface area (Å²) >= 11 is 0. The summed E-state index contributed by atoms with van der Waals surface area (Å²) in [6.45, 7) is 10.6. The van der Waals surface area contributed by atoms with Crippen LogP contribution in [0.3, 0.4) is 0 Å². The van der Waals surface area contributed by atoms with Gasteiger partial charge in [-0.1, -0.05) is 32.1 Å². The topological polar surface area (TPSA) is 58.8 Å². The van der Waals surface area contributed by atoms with Crippen molar-refractivity contribution in [1.82, 2.24) is 9.80 Å². The molecule has 1 saturated heterocycles. The van der Waals surface area contributed by atoms with Crippen molar-refractivity contribution in [2.45, 2.75) is 39.8 Å². The lowest BCUT2D eigenvalue weighted by molar-refractivity contribution is -0.123. The first kappa shape index (κ1) is 19.9. The molecule has 0 aliphatic carbocycles. The van der Waals surface area contributed by atoms with Crippen LogP contribution in [0.15, 0.2) is 30.4 Å². The molecule has 5 heteroatoms. The van der Waals surface area contributed by atoms with E-state index in [0.29, 0.717) is 5.92 Å². The maximum atomic E-state index is 11.5. The number of hydrogen-bond acceptors (Lipinski definition) is 4. The zero-order valence-electron chi connectivity index (χ0n) is 16.7. The van der Waals surface area contributed by atoms with Gasteiger partial charge in [0, 0.05) is 38.3 Å². The summed E-state index contributed by atoms with van der Waals surface area (Å²) in [4.78, 5) is 16.3. The minimum atomic E-state index is -0.167. The van der Waals surface area contributed by atoms with Crippen molar-refractivity contribution in [3.63, 3.8) is 0 Å². The molecule has 3 rings (SSSR count). The first-order valence-electron chi connectivity index (χ1n) is 10.2. The Labute approximate surface area is 163 Å². The predicted octanol–water partition coefficient (Wildman–Crippen LogP) is 2.79. The summed E-state index contributed by atoms with van der Waals surface area (Å²) in [5.74, 6) is 1.41. The first-order chi connectivity index (χ1) is 13.0. The fraction of sp³-hybridized carbons (Fsp3) is 0.591. The van der Waals surface area contributed by atoms with Crippen molar-refractivity contribution >= 4 is 5.91 Å². The number of amides is 1. The molecule has 27 heavy (non-hydrogen) atoms. The van der Waals surface area contributed by atoms with E-state index in [1.54, 1.807) is 0 Å². The van der Waals surface area contributed by atoms with E-state index in [1.165, 1.54) is 11.1 Å². The SMILES string of the molecule is CC(C)/C=C/CN1CCOc2ccc(CN3CCCC(C(N)=O)C3)cc2C1. The molecule has 1 unspecified atom stereocenters. The van der Waals surface area contributed by atoms with E-state index < -0.39 is 0 Å². The van der Waals surface area contributed by atoms with Crippen LogP contribution < -0.4 is 10.5 Å². The third-order valence-corrected chi connectivity index (χ3v) is 5.38. The molecule has 148 valence electrons. The van der Waals surface area contributed by atoms with Gasteiger partial charge in [-0.3, -0.25) is 14.6 Å². The molecule has 0 spiro atoms. The maximum Gasteiger partial charge on any atom is 0.221 e. The molecular weight excluding hydrogens is 338 g/mol. The van der Waals surface area contributed by atoms with Gasteiger partial charge in [-0.25, -0.2) is 0 Å². The Bertz CT molecular complexity index is 672. The number of carbonyl (C=O) groups excluding carboxylic acids is 1. The van der Waals surface area contributed by atoms with Crippen molar-refractivity contribution in [3.05, 3.63) is 41.5 Å². The fourth-order valence-electron chi connectivity index (χ4n) is 3.93. The smallest absolute Gasteiger partial charge is 0.221 e. The molecule has 1 amide bonds. The Morgan fingerprint density at radius 1 is 1.33 bits per heavy atom. The van der Waals surface area contributed by atoms with E-state index in [-0.39, 0.29) is 11.8 Å². The molecule has 1 aromatic rings. The number of allylic oxidation sites excluding steroid dienone is 1. The van der Waals surface area contributed by atoms with Crippen LogP contribution in [0.25, 0.3) is 0 Å². The monoisotopic (exact) mass is 371 g/mol. The maximum absolute atomic E-state index is 11.5. The number of hydrogen-bond donors (Lipinski definition) is 1. The second-order valence-electron chi connectivity index (χ2n) is 8.17. The molecular formula is C22H33N3O2. The standard InChI is InChI=1S/C22H33N3O2/c1-17(2)5-3-9-24-11-12-27-21-8-7-18(13-20(21)16-24)14-25-10-4-6-19(15-25)22(23)26/h3,5,7-8,13,17,19H,4,6,9-12,14-16H2,1-2H3,(H2,23,26)/b5-3+. The minimum Gasteiger partial charge on any atom is -0.492 e. The van der Waals surface area contributed by atoms with E-state index in [0.717, 1.165) is 64.5 Å². The van der Waals surface area contributed by atoms with E-state index in [9.17, 15) is 4.79 Å². The van der Waals surface area contributed by atoms with Gasteiger partial charge in [-0.2, -0.15) is 0 Å². The van der Waals surface area contributed by atoms with Gasteiger partial charge < -0.3 is 10.5 Å². The van der Waals surface area contributed by atoms with Crippen LogP contribution in [0.1, 0.15) is 37.8 Å². The van der Waals surface area contributed by atoms with E-state index in [4.69, 9.17) is 10.5 Å². The van der Waals surface area contributed by atoms with Crippen LogP contribution in [0.2, 0.25) is 0 Å². The molecule has 0 aromatic heterocycles. The summed E-state index contributed by atoms with van der Waals surface area (Å²) in [5, 5.41) is 0. The first-order valence-corrected chi connectivity index (χ1v) is 10.2. The molecule has 1 atom stereocenters. The molecule has 0 bridgehead atoms. The Kier molecular flexibility index (Phi) is 6.91. The lowest BCUT2D eigenvalue weighted by Gasteiger charge is -2.31. The molecule has 0 saturated carbocycles. The molecule has 2 N–H and O–H groups in total. The minimum absolute atomic E-state index is 0.00820. The summed E-state index contributed by atoms with van der Waals surface area (Å²) in [6.07, 6.45) is 6.48. The Balaban J connectivity index is 1.64. The number of nitrogens with zero attached hydrogens (tertiary/aromatic N) is 2. The molecule has 0 radical (unpaired) electrons. The number of primary amides is 1. The van der Waals surface area contributed by atoms with Crippen LogP contribution in [0.4, 0.5) is 0 Å². The van der Waals surface area contributed by atoms with Crippen LogP contribution >= 0.6 is 0 Å². The third kappa shape index (κ3) is 5.81. The average molecular weight is 372 g/mol. The van der Waals surface area contributed by atoms with Gasteiger partial charge in [0.1, 0.15) is 12.4 Å². The highest BCUT2D eigenvalue weighted by Crippen LogP contribution is 2.26. The number of fused-ring (bicyclic) bond motifs is 1. The van der Waals surface area contributed by atoms with E-state index in [2.05, 4.69) is 54.0 Å². The fourth-order valence-corrected chi connectivity index (χ4v) is 3.93. The molecule has 5 nitrogen and oxygen atoms in total. The number of rotatable bonds is 6. The summed E-state index contributed by atoms with van der Waals surface area (Å²) < 4.78 is 5.96. The van der Waals surface area contributed by atoms with Gasteiger partial charge in [0.15, 0.2) is 0 Å². The number of carbonyl (C=O) groups is 1. The number of benzene rings is 1. The highest BCUT2D eigenvalue weighted by molar-refractivity contribution is 5.76. The van der Waals surface area contributed by atoms with Gasteiger partial charge in [0.05, 0.1) is 5.92 Å². The highest BCUT2D eigenvalue weighted by atomic mass is 16.5. The van der Waals surface area contributed by atoms with Crippen LogP contribution in [-0.2, 0) is 17.9 Å². The number of ether oxygens (including phenoxy) is 1. The van der Waals surface area contributed by atoms with E-state index >= 15 is 0 Å². The van der Waals surface area contributed by atoms with Crippen molar-refractivity contribution < 1.29 is 9.53 Å². The van der Waals surface area contributed by atoms with Crippen molar-refractivity contribution in [1.29, 1.82) is 0 Å². The molecule has 1 aromatic carbocycles. The van der Waals surface area contributed by atoms with Gasteiger partial charge >= 0.3 is 0 Å². The normalized spacial score (nSPS) is 21.8. The predicted molar refractivity (Wildman–Crippen MR) is 108 cm³/mol. The van der Waals surface area contributed by atoms with Crippen LogP contribution in [0.5, 0.6) is 5.75 Å². The van der Waals surface area contributed by atoms with Gasteiger partial charge in [0.25, 0.3) is 0 Å². The lowest BCUT2D eigenvalue weighted by Crippen LogP contribution is -2.40. The molecule has 2 heterocycles. The highest BCUT2D eigenvalue weighted by Gasteiger charge is 2.24. The van der Waals surface area contributed by atoms with Crippen LogP contribution in [0, 0.1) is 11.8 Å². The van der Waals surface area contributed by atoms with Gasteiger partial charge in [0.2, 0.25) is 5.91 Å². The lowest BCUT2D eigenvalue weighted by atomic mass is 9.97. The average Bonchev–Trinajstić information content (AvgIpc) is 2.83. The molecule has 1 fully saturated rings. The van der Waals surface area contributed by atoms with Gasteiger partial charge in [-0.05, 0) is 43.0 Å². The quantitative estimate of drug-likeness (QED) is 0.781. The Morgan fingerprint density at radius 3 is 2.96 bits per heavy atom. The molecule has 2 aliphatic heterocycles. The van der Waals surface area contributed by atoms with Crippen molar-refractivity contribution in [2.24, 2.45) is 17.6 Å². The zero-order valence-corrected chi connectivity index (χ0v) is 16.7. The summed E-state index contributed by atoms with van der Waals surface area (Å²) in [7, 11) is 0. The Hall–Kier alpha value is -1.85. The van der Waals surface area contributed by atoms with Crippen molar-refractivity contribution in [2.75, 3.05) is 32.8 Å². The number of nitrogens with two attached hydrogens (primary N) is 1. The summed E-state index contributed by atoms with van der Waals surface area (Å²) in [6, 6.07) is 6.53. The second kappa shape index (κ2) is 9.38. The zero-order chi connectivity index (χ0) is 19.2. The third-order valence-electron chi connectivity index (χ3n) is 5.38. The Morgan fingerprint density at radius 2 is 2.19 bits per heavy atom. The largest absolute Gasteiger partial charge is 0.492 e. The van der Waals surface area contributed by atoms with E-state index in [1.807, 2.05) is 0 Å². The van der Waals surface area contributed by atoms with Crippen molar-refractivity contribution in [3.8, 4) is 5.75 Å². The number of piperidine rings is 1.